The van der Waals surface area contributed by atoms with Gasteiger partial charge in [-0.1, -0.05) is 270 Å². The zero-order valence-electron chi connectivity index (χ0n) is 56.3. The zero-order chi connectivity index (χ0) is 65.2. The number of para-hydroxylation sites is 2. The smallest absolute Gasteiger partial charge is 0.0517 e. The molecule has 2 heterocycles. The lowest BCUT2D eigenvalue weighted by Crippen LogP contribution is -2.54. The average molecular weight is 1260 g/mol. The highest BCUT2D eigenvalue weighted by Gasteiger charge is 2.59. The summed E-state index contributed by atoms with van der Waals surface area (Å²) in [7, 11) is 0. The first kappa shape index (κ1) is 57.4. The normalized spacial score (nSPS) is 20.4. The van der Waals surface area contributed by atoms with Gasteiger partial charge in [0.2, 0.25) is 0 Å². The monoisotopic (exact) mass is 1260 g/mol. The maximum Gasteiger partial charge on any atom is 0.0517 e. The Hall–Kier alpha value is -10.8. The molecule has 0 amide bonds. The van der Waals surface area contributed by atoms with E-state index in [-0.39, 0.29) is 21.9 Å². The van der Waals surface area contributed by atoms with E-state index in [1.165, 1.54) is 227 Å². The summed E-state index contributed by atoms with van der Waals surface area (Å²) in [6.07, 6.45) is 9.67. The van der Waals surface area contributed by atoms with Crippen LogP contribution in [0.4, 0.5) is 22.7 Å². The SMILES string of the molecule is CC12CCCCC1(C)N(c1ccccc1)c1ccc(-c3cccc4c(-c5cc(-c6cccc7ccccc67)c6ccc7c(-c8cccc9c(-c%10ccc%11c(c%10)C%10(C)CCCCC%10(C)N%11c%10ccccc%10)cccc89)cc(-c8cccc9ccccc89)c8ccc5c6c87)cccc34)cc12. The molecule has 20 rings (SSSR count). The van der Waals surface area contributed by atoms with Gasteiger partial charge in [0.1, 0.15) is 0 Å². The van der Waals surface area contributed by atoms with Crippen LogP contribution in [-0.4, -0.2) is 11.1 Å². The summed E-state index contributed by atoms with van der Waals surface area (Å²) in [5.41, 5.74) is 23.2. The molecule has 16 aromatic carbocycles. The van der Waals surface area contributed by atoms with Gasteiger partial charge < -0.3 is 9.80 Å². The molecule has 2 saturated carbocycles. The van der Waals surface area contributed by atoms with E-state index >= 15 is 0 Å². The highest BCUT2D eigenvalue weighted by atomic mass is 15.3. The van der Waals surface area contributed by atoms with Crippen molar-refractivity contribution < 1.29 is 0 Å². The van der Waals surface area contributed by atoms with Crippen molar-refractivity contribution in [2.75, 3.05) is 9.80 Å². The minimum Gasteiger partial charge on any atom is -0.334 e. The molecule has 98 heavy (non-hydrogen) atoms. The van der Waals surface area contributed by atoms with Crippen molar-refractivity contribution in [3.8, 4) is 66.8 Å². The Morgan fingerprint density at radius 3 is 0.939 bits per heavy atom. The Morgan fingerprint density at radius 1 is 0.235 bits per heavy atom. The molecule has 4 aliphatic rings. The molecule has 4 atom stereocenters. The molecule has 4 unspecified atom stereocenters. The quantitative estimate of drug-likeness (QED) is 0.140. The van der Waals surface area contributed by atoms with Gasteiger partial charge in [-0.05, 0) is 253 Å². The Bertz CT molecular complexity index is 5600. The lowest BCUT2D eigenvalue weighted by atomic mass is 9.61. The number of benzene rings is 16. The van der Waals surface area contributed by atoms with Gasteiger partial charge in [-0.15, -0.1) is 0 Å². The zero-order valence-corrected chi connectivity index (χ0v) is 56.3. The highest BCUT2D eigenvalue weighted by Crippen LogP contribution is 2.64. The van der Waals surface area contributed by atoms with Gasteiger partial charge in [0.25, 0.3) is 0 Å². The summed E-state index contributed by atoms with van der Waals surface area (Å²) in [6.45, 7) is 10.2. The highest BCUT2D eigenvalue weighted by molar-refractivity contribution is 6.34. The molecule has 0 N–H and O–H groups in total. The second-order valence-corrected chi connectivity index (χ2v) is 29.9. The summed E-state index contributed by atoms with van der Waals surface area (Å²) < 4.78 is 0. The second-order valence-electron chi connectivity index (χ2n) is 29.9. The molecule has 0 radical (unpaired) electrons. The Labute approximate surface area is 574 Å². The van der Waals surface area contributed by atoms with Gasteiger partial charge in [-0.2, -0.15) is 0 Å². The first-order chi connectivity index (χ1) is 48.1. The van der Waals surface area contributed by atoms with Gasteiger partial charge >= 0.3 is 0 Å². The van der Waals surface area contributed by atoms with Crippen LogP contribution in [0.1, 0.15) is 90.2 Å². The maximum absolute atomic E-state index is 2.69. The number of hydrogen-bond donors (Lipinski definition) is 0. The van der Waals surface area contributed by atoms with Gasteiger partial charge in [-0.3, -0.25) is 0 Å². The lowest BCUT2D eigenvalue weighted by Gasteiger charge is -2.50. The summed E-state index contributed by atoms with van der Waals surface area (Å²) >= 11 is 0. The third-order valence-electron chi connectivity index (χ3n) is 25.3. The number of anilines is 4. The van der Waals surface area contributed by atoms with Crippen LogP contribution in [0.5, 0.6) is 0 Å². The van der Waals surface area contributed by atoms with Gasteiger partial charge in [0.15, 0.2) is 0 Å². The number of nitrogens with zero attached hydrogens (tertiary/aromatic N) is 2. The maximum atomic E-state index is 2.69. The molecule has 2 aliphatic carbocycles. The van der Waals surface area contributed by atoms with Crippen LogP contribution < -0.4 is 9.80 Å². The second kappa shape index (κ2) is 21.3. The predicted molar refractivity (Wildman–Crippen MR) is 418 cm³/mol. The fourth-order valence-electron chi connectivity index (χ4n) is 20.2. The van der Waals surface area contributed by atoms with Crippen molar-refractivity contribution >= 4 is 98.2 Å². The molecule has 0 spiro atoms. The van der Waals surface area contributed by atoms with E-state index in [9.17, 15) is 0 Å². The van der Waals surface area contributed by atoms with Gasteiger partial charge in [-0.25, -0.2) is 0 Å². The Kier molecular flexibility index (Phi) is 12.5. The number of fused-ring (bicyclic) bond motifs is 10. The van der Waals surface area contributed by atoms with Crippen LogP contribution in [0.3, 0.4) is 0 Å². The summed E-state index contributed by atoms with van der Waals surface area (Å²) in [6, 6.07) is 112. The molecule has 0 saturated heterocycles. The standard InChI is InChI=1S/C96H76N2/c1-93-53-15-17-55-95(93,3)97(65-29-7-5-8-30-65)89-51-45-63(57-87(89)93)69-35-21-41-75-71(69)39-23-43-77(75)85-59-83(73-37-19-27-61-25-11-13-33-67(61)73)79-48-50-82-86(60-84(80-47-49-81(85)91(79)92(80)82)74-38-20-28-62-26-12-14-34-68(62)74)78-44-24-40-72-70(36-22-42-76(72)78)64-46-52-90-88(58-64)94(2)54-16-18-56-96(94,4)98(90)66-31-9-6-10-32-66/h5-14,19-52,57-60H,15-18,53-56H2,1-4H3. The van der Waals surface area contributed by atoms with Crippen molar-refractivity contribution in [1.29, 1.82) is 0 Å². The largest absolute Gasteiger partial charge is 0.334 e. The molecular formula is C96H76N2. The molecule has 470 valence electrons. The van der Waals surface area contributed by atoms with E-state index in [4.69, 9.17) is 0 Å². The minimum absolute atomic E-state index is 0.00291. The van der Waals surface area contributed by atoms with E-state index < -0.39 is 0 Å². The van der Waals surface area contributed by atoms with E-state index in [0.717, 1.165) is 0 Å². The summed E-state index contributed by atoms with van der Waals surface area (Å²) in [5, 5.41) is 17.7. The summed E-state index contributed by atoms with van der Waals surface area (Å²) in [5.74, 6) is 0. The van der Waals surface area contributed by atoms with Crippen LogP contribution in [-0.2, 0) is 10.8 Å². The summed E-state index contributed by atoms with van der Waals surface area (Å²) in [4.78, 5) is 5.39. The van der Waals surface area contributed by atoms with Crippen LogP contribution in [0.25, 0.3) is 142 Å². The van der Waals surface area contributed by atoms with Crippen molar-refractivity contribution in [2.45, 2.75) is 101 Å². The van der Waals surface area contributed by atoms with Crippen LogP contribution >= 0.6 is 0 Å². The van der Waals surface area contributed by atoms with Gasteiger partial charge in [0.05, 0.1) is 11.1 Å². The lowest BCUT2D eigenvalue weighted by molar-refractivity contribution is 0.195. The number of hydrogen-bond acceptors (Lipinski definition) is 2. The first-order valence-corrected chi connectivity index (χ1v) is 35.9. The van der Waals surface area contributed by atoms with E-state index in [2.05, 4.69) is 329 Å². The fraction of sp³-hybridized carbons (Fsp3) is 0.167. The fourth-order valence-corrected chi connectivity index (χ4v) is 20.2. The van der Waals surface area contributed by atoms with Crippen molar-refractivity contribution in [3.63, 3.8) is 0 Å². The van der Waals surface area contributed by atoms with Crippen LogP contribution in [0, 0.1) is 0 Å². The topological polar surface area (TPSA) is 6.48 Å². The average Bonchev–Trinajstić information content (AvgIpc) is 1.35. The molecule has 2 nitrogen and oxygen atoms in total. The molecule has 2 heteroatoms. The van der Waals surface area contributed by atoms with Crippen molar-refractivity contribution in [1.82, 2.24) is 0 Å². The van der Waals surface area contributed by atoms with E-state index in [1.54, 1.807) is 0 Å². The minimum atomic E-state index is -0.0303. The van der Waals surface area contributed by atoms with Crippen molar-refractivity contribution in [3.05, 3.63) is 302 Å². The number of rotatable bonds is 8. The third kappa shape index (κ3) is 7.98. The molecular weight excluding hydrogens is 1180 g/mol. The molecule has 0 bridgehead atoms. The van der Waals surface area contributed by atoms with Gasteiger partial charge in [0, 0.05) is 33.6 Å². The Morgan fingerprint density at radius 2 is 0.541 bits per heavy atom. The van der Waals surface area contributed by atoms with Crippen LogP contribution in [0.2, 0.25) is 0 Å². The molecule has 2 aliphatic heterocycles. The molecule has 2 fully saturated rings. The van der Waals surface area contributed by atoms with E-state index in [0.29, 0.717) is 0 Å². The molecule has 16 aromatic rings. The first-order valence-electron chi connectivity index (χ1n) is 35.9. The van der Waals surface area contributed by atoms with Crippen molar-refractivity contribution in [2.24, 2.45) is 0 Å². The predicted octanol–water partition coefficient (Wildman–Crippen LogP) is 26.7. The van der Waals surface area contributed by atoms with Crippen LogP contribution in [0.15, 0.2) is 291 Å². The van der Waals surface area contributed by atoms with E-state index in [1.807, 2.05) is 0 Å². The third-order valence-corrected chi connectivity index (χ3v) is 25.3. The Balaban J connectivity index is 0.824. The molecule has 0 aromatic heterocycles.